The summed E-state index contributed by atoms with van der Waals surface area (Å²) in [6, 6.07) is 9.88. The van der Waals surface area contributed by atoms with Crippen LogP contribution in [0.1, 0.15) is 24.5 Å². The van der Waals surface area contributed by atoms with Crippen molar-refractivity contribution in [2.75, 3.05) is 19.2 Å². The number of halogens is 1. The number of hydroxylamine groups is 1. The van der Waals surface area contributed by atoms with Crippen LogP contribution in [0, 0.1) is 3.57 Å². The molecule has 33 heavy (non-hydrogen) atoms. The van der Waals surface area contributed by atoms with Crippen molar-refractivity contribution < 1.29 is 38.9 Å². The Labute approximate surface area is 203 Å². The van der Waals surface area contributed by atoms with Crippen molar-refractivity contribution in [3.8, 4) is 17.2 Å². The number of anilines is 1. The molecule has 2 atom stereocenters. The van der Waals surface area contributed by atoms with E-state index >= 15 is 0 Å². The molecule has 0 saturated heterocycles. The Morgan fingerprint density at radius 2 is 2.00 bits per heavy atom. The number of methoxy groups -OCH3 is 1. The van der Waals surface area contributed by atoms with E-state index in [9.17, 15) is 14.7 Å². The van der Waals surface area contributed by atoms with E-state index in [-0.39, 0.29) is 12.5 Å². The van der Waals surface area contributed by atoms with Gasteiger partial charge in [0.05, 0.1) is 6.10 Å². The lowest BCUT2D eigenvalue weighted by Gasteiger charge is -2.27. The standard InChI is InChI=1S/C22H23IN2O8/c1-30-18(4-2-3-5-20(27)25-29)21(15-10-13(23)6-8-16(15)26)33-22(28)24-14-7-9-17-19(11-14)32-12-31-17/h3,5-11,18,21,26,29H,2,4,12H2,1H3,(H,24,28)(H,25,27)/b5-3+/t18-,21-/m1/s1. The molecule has 2 aromatic rings. The molecular formula is C22H23IN2O8. The third-order valence-corrected chi connectivity index (χ3v) is 5.46. The van der Waals surface area contributed by atoms with Gasteiger partial charge < -0.3 is 24.1 Å². The molecule has 176 valence electrons. The van der Waals surface area contributed by atoms with E-state index in [1.54, 1.807) is 36.4 Å². The van der Waals surface area contributed by atoms with Gasteiger partial charge in [-0.15, -0.1) is 0 Å². The summed E-state index contributed by atoms with van der Waals surface area (Å²) in [7, 11) is 1.46. The number of phenols is 1. The molecule has 0 aromatic heterocycles. The minimum atomic E-state index is -0.946. The van der Waals surface area contributed by atoms with Crippen molar-refractivity contribution in [1.82, 2.24) is 5.48 Å². The summed E-state index contributed by atoms with van der Waals surface area (Å²) in [5, 5.41) is 21.7. The summed E-state index contributed by atoms with van der Waals surface area (Å²) in [5.74, 6) is 0.384. The lowest BCUT2D eigenvalue weighted by atomic mass is 9.99. The number of phenolic OH excluding ortho intramolecular Hbond substituents is 1. The molecule has 0 saturated carbocycles. The van der Waals surface area contributed by atoms with Gasteiger partial charge >= 0.3 is 6.09 Å². The third-order valence-electron chi connectivity index (χ3n) is 4.79. The SMILES string of the molecule is CO[C@H](CC/C=C/C(=O)NO)[C@H](OC(=O)Nc1ccc2c(c1)OCO2)c1cc(I)ccc1O. The summed E-state index contributed by atoms with van der Waals surface area (Å²) < 4.78 is 22.7. The second kappa shape index (κ2) is 11.7. The average Bonchev–Trinajstić information content (AvgIpc) is 3.27. The highest BCUT2D eigenvalue weighted by Crippen LogP contribution is 2.36. The highest BCUT2D eigenvalue weighted by Gasteiger charge is 2.29. The van der Waals surface area contributed by atoms with Crippen LogP contribution in [0.15, 0.2) is 48.6 Å². The largest absolute Gasteiger partial charge is 0.508 e. The number of aromatic hydroxyl groups is 1. The number of nitrogens with one attached hydrogen (secondary N) is 2. The van der Waals surface area contributed by atoms with E-state index in [0.29, 0.717) is 35.6 Å². The van der Waals surface area contributed by atoms with Crippen LogP contribution in [0.5, 0.6) is 17.2 Å². The predicted octanol–water partition coefficient (Wildman–Crippen LogP) is 3.87. The Bertz CT molecular complexity index is 1030. The van der Waals surface area contributed by atoms with Crippen LogP contribution in [0.3, 0.4) is 0 Å². The van der Waals surface area contributed by atoms with Crippen molar-refractivity contribution >= 4 is 40.3 Å². The molecule has 1 heterocycles. The monoisotopic (exact) mass is 570 g/mol. The summed E-state index contributed by atoms with van der Waals surface area (Å²) in [6.07, 6.45) is 1.14. The van der Waals surface area contributed by atoms with Crippen molar-refractivity contribution in [3.05, 3.63) is 57.7 Å². The highest BCUT2D eigenvalue weighted by molar-refractivity contribution is 14.1. The fraction of sp³-hybridized carbons (Fsp3) is 0.273. The van der Waals surface area contributed by atoms with Gasteiger partial charge in [0.2, 0.25) is 6.79 Å². The molecule has 0 fully saturated rings. The quantitative estimate of drug-likeness (QED) is 0.155. The number of fused-ring (bicyclic) bond motifs is 1. The molecule has 0 spiro atoms. The number of hydrogen-bond donors (Lipinski definition) is 4. The fourth-order valence-electron chi connectivity index (χ4n) is 3.21. The fourth-order valence-corrected chi connectivity index (χ4v) is 3.73. The Balaban J connectivity index is 1.77. The van der Waals surface area contributed by atoms with E-state index < -0.39 is 24.2 Å². The zero-order chi connectivity index (χ0) is 23.8. The van der Waals surface area contributed by atoms with Crippen LogP contribution in [0.2, 0.25) is 0 Å². The number of ether oxygens (including phenoxy) is 4. The third kappa shape index (κ3) is 6.73. The number of allylic oxidation sites excluding steroid dienone is 1. The second-order valence-corrected chi connectivity index (χ2v) is 8.20. The van der Waals surface area contributed by atoms with E-state index in [2.05, 4.69) is 27.9 Å². The Kier molecular flexibility index (Phi) is 8.74. The molecule has 0 bridgehead atoms. The van der Waals surface area contributed by atoms with Crippen molar-refractivity contribution in [1.29, 1.82) is 0 Å². The molecule has 10 nitrogen and oxygen atoms in total. The topological polar surface area (TPSA) is 136 Å². The summed E-state index contributed by atoms with van der Waals surface area (Å²) in [4.78, 5) is 23.9. The zero-order valence-corrected chi connectivity index (χ0v) is 19.8. The first-order chi connectivity index (χ1) is 15.9. The van der Waals surface area contributed by atoms with Crippen LogP contribution in [0.4, 0.5) is 10.5 Å². The van der Waals surface area contributed by atoms with Crippen LogP contribution in [-0.2, 0) is 14.3 Å². The van der Waals surface area contributed by atoms with Gasteiger partial charge in [0.15, 0.2) is 17.6 Å². The number of benzene rings is 2. The normalized spacial score (nSPS) is 14.0. The number of carbonyl (C=O) groups is 2. The van der Waals surface area contributed by atoms with Crippen LogP contribution in [0.25, 0.3) is 0 Å². The molecule has 3 rings (SSSR count). The van der Waals surface area contributed by atoms with Crippen LogP contribution in [-0.4, -0.2) is 42.3 Å². The predicted molar refractivity (Wildman–Crippen MR) is 125 cm³/mol. The highest BCUT2D eigenvalue weighted by atomic mass is 127. The Morgan fingerprint density at radius 1 is 1.21 bits per heavy atom. The first kappa shape index (κ1) is 24.6. The molecule has 0 radical (unpaired) electrons. The van der Waals surface area contributed by atoms with Crippen molar-refractivity contribution in [2.24, 2.45) is 0 Å². The Hall–Kier alpha value is -3.03. The summed E-state index contributed by atoms with van der Waals surface area (Å²) in [5.41, 5.74) is 2.34. The maximum absolute atomic E-state index is 12.7. The van der Waals surface area contributed by atoms with Gasteiger partial charge in [0.25, 0.3) is 5.91 Å². The lowest BCUT2D eigenvalue weighted by molar-refractivity contribution is -0.124. The van der Waals surface area contributed by atoms with Crippen LogP contribution >= 0.6 is 22.6 Å². The zero-order valence-electron chi connectivity index (χ0n) is 17.6. The molecule has 0 unspecified atom stereocenters. The van der Waals surface area contributed by atoms with Crippen LogP contribution < -0.4 is 20.3 Å². The van der Waals surface area contributed by atoms with Gasteiger partial charge in [-0.3, -0.25) is 15.3 Å². The second-order valence-electron chi connectivity index (χ2n) is 6.95. The van der Waals surface area contributed by atoms with E-state index in [0.717, 1.165) is 3.57 Å². The smallest absolute Gasteiger partial charge is 0.412 e. The molecule has 1 aliphatic heterocycles. The summed E-state index contributed by atoms with van der Waals surface area (Å²) >= 11 is 2.09. The van der Waals surface area contributed by atoms with E-state index in [1.807, 2.05) is 0 Å². The molecule has 0 aliphatic carbocycles. The molecule has 1 aliphatic rings. The van der Waals surface area contributed by atoms with E-state index in [1.165, 1.54) is 24.7 Å². The molecule has 2 aromatic carbocycles. The van der Waals surface area contributed by atoms with Crippen molar-refractivity contribution in [3.63, 3.8) is 0 Å². The van der Waals surface area contributed by atoms with Crippen molar-refractivity contribution in [2.45, 2.75) is 25.0 Å². The lowest BCUT2D eigenvalue weighted by Crippen LogP contribution is -2.28. The summed E-state index contributed by atoms with van der Waals surface area (Å²) in [6.45, 7) is 0.112. The molecular weight excluding hydrogens is 547 g/mol. The maximum atomic E-state index is 12.7. The minimum absolute atomic E-state index is 0.0476. The number of carbonyl (C=O) groups excluding carboxylic acids is 2. The molecule has 2 amide bonds. The number of hydrogen-bond acceptors (Lipinski definition) is 8. The molecule has 11 heteroatoms. The number of amides is 2. The minimum Gasteiger partial charge on any atom is -0.508 e. The average molecular weight is 570 g/mol. The van der Waals surface area contributed by atoms with Gasteiger partial charge in [-0.05, 0) is 65.8 Å². The maximum Gasteiger partial charge on any atom is 0.412 e. The molecule has 4 N–H and O–H groups in total. The van der Waals surface area contributed by atoms with Gasteiger partial charge in [0, 0.05) is 34.1 Å². The Morgan fingerprint density at radius 3 is 2.76 bits per heavy atom. The van der Waals surface area contributed by atoms with Gasteiger partial charge in [-0.2, -0.15) is 0 Å². The first-order valence-electron chi connectivity index (χ1n) is 9.90. The first-order valence-corrected chi connectivity index (χ1v) is 11.0. The van der Waals surface area contributed by atoms with Gasteiger partial charge in [-0.1, -0.05) is 6.08 Å². The van der Waals surface area contributed by atoms with Gasteiger partial charge in [-0.25, -0.2) is 10.3 Å². The number of rotatable bonds is 9. The van der Waals surface area contributed by atoms with Gasteiger partial charge in [0.1, 0.15) is 5.75 Å². The van der Waals surface area contributed by atoms with E-state index in [4.69, 9.17) is 24.2 Å².